The molecule has 5 aromatic rings. The van der Waals surface area contributed by atoms with E-state index in [9.17, 15) is 18.3 Å². The first-order valence-electron chi connectivity index (χ1n) is 11.8. The fourth-order valence-corrected chi connectivity index (χ4v) is 6.02. The summed E-state index contributed by atoms with van der Waals surface area (Å²) in [4.78, 5) is 20.7. The van der Waals surface area contributed by atoms with Gasteiger partial charge in [-0.3, -0.25) is 10.1 Å². The first kappa shape index (κ1) is 24.0. The summed E-state index contributed by atoms with van der Waals surface area (Å²) in [7, 11) is -3.98. The number of rotatable bonds is 6. The van der Waals surface area contributed by atoms with E-state index in [2.05, 4.69) is 25.5 Å². The van der Waals surface area contributed by atoms with E-state index in [4.69, 9.17) is 4.74 Å². The third kappa shape index (κ3) is 4.24. The summed E-state index contributed by atoms with van der Waals surface area (Å²) in [6, 6.07) is 13.8. The SMILES string of the molecule is O=C(O)c1ccccc1Nc1c(S(=O)(=O)N2CCOCC2)cnc2ccc(-c3cnc4[nH]ncc4c3)cc12. The molecule has 12 heteroatoms. The van der Waals surface area contributed by atoms with Gasteiger partial charge in [-0.15, -0.1) is 0 Å². The third-order valence-electron chi connectivity index (χ3n) is 6.46. The Balaban J connectivity index is 1.56. The number of H-pyrrole nitrogens is 1. The second kappa shape index (κ2) is 9.49. The van der Waals surface area contributed by atoms with E-state index < -0.39 is 16.0 Å². The molecule has 1 aliphatic heterocycles. The molecule has 0 radical (unpaired) electrons. The zero-order valence-electron chi connectivity index (χ0n) is 20.0. The van der Waals surface area contributed by atoms with Crippen LogP contribution in [0.2, 0.25) is 0 Å². The number of nitrogens with zero attached hydrogens (tertiary/aromatic N) is 4. The maximum absolute atomic E-state index is 13.8. The van der Waals surface area contributed by atoms with Crippen molar-refractivity contribution in [1.29, 1.82) is 0 Å². The van der Waals surface area contributed by atoms with Crippen LogP contribution in [-0.2, 0) is 14.8 Å². The maximum Gasteiger partial charge on any atom is 0.337 e. The minimum Gasteiger partial charge on any atom is -0.478 e. The number of nitrogens with one attached hydrogen (secondary N) is 2. The number of para-hydroxylation sites is 1. The number of hydrogen-bond acceptors (Lipinski definition) is 8. The Hall–Kier alpha value is -4.39. The lowest BCUT2D eigenvalue weighted by molar-refractivity contribution is 0.0698. The maximum atomic E-state index is 13.8. The standard InChI is InChI=1S/C26H22N6O5S/c33-26(34)19-3-1-2-4-22(19)30-24-20-12-16(17-11-18-14-29-31-25(18)28-13-17)5-6-21(20)27-15-23(24)38(35,36)32-7-9-37-10-8-32/h1-6,11-15H,7-10H2,(H,27,30)(H,33,34)(H,28,29,31). The minimum atomic E-state index is -3.98. The average Bonchev–Trinajstić information content (AvgIpc) is 3.41. The molecule has 1 saturated heterocycles. The fraction of sp³-hybridized carbons (Fsp3) is 0.154. The number of sulfonamides is 1. The normalized spacial score (nSPS) is 14.6. The van der Waals surface area contributed by atoms with Crippen molar-refractivity contribution in [3.8, 4) is 11.1 Å². The van der Waals surface area contributed by atoms with Crippen molar-refractivity contribution < 1.29 is 23.1 Å². The molecule has 38 heavy (non-hydrogen) atoms. The van der Waals surface area contributed by atoms with Gasteiger partial charge in [0.25, 0.3) is 0 Å². The number of aromatic carboxylic acids is 1. The van der Waals surface area contributed by atoms with E-state index in [1.54, 1.807) is 36.7 Å². The molecule has 0 saturated carbocycles. The number of anilines is 2. The number of aromatic nitrogens is 4. The first-order valence-corrected chi connectivity index (χ1v) is 13.3. The van der Waals surface area contributed by atoms with Crippen molar-refractivity contribution in [3.63, 3.8) is 0 Å². The Morgan fingerprint density at radius 2 is 1.82 bits per heavy atom. The molecule has 0 atom stereocenters. The highest BCUT2D eigenvalue weighted by Crippen LogP contribution is 2.37. The Labute approximate surface area is 217 Å². The topological polar surface area (TPSA) is 150 Å². The molecule has 4 heterocycles. The van der Waals surface area contributed by atoms with Crippen LogP contribution in [0.3, 0.4) is 0 Å². The van der Waals surface area contributed by atoms with E-state index in [1.807, 2.05) is 18.2 Å². The molecule has 1 fully saturated rings. The van der Waals surface area contributed by atoms with Crippen LogP contribution in [0.15, 0.2) is 72.0 Å². The van der Waals surface area contributed by atoms with E-state index in [1.165, 1.54) is 16.6 Å². The number of morpholine rings is 1. The molecule has 11 nitrogen and oxygen atoms in total. The summed E-state index contributed by atoms with van der Waals surface area (Å²) in [5.74, 6) is -1.13. The summed E-state index contributed by atoms with van der Waals surface area (Å²) in [6.45, 7) is 1.00. The second-order valence-electron chi connectivity index (χ2n) is 8.75. The molecule has 3 aromatic heterocycles. The van der Waals surface area contributed by atoms with Crippen LogP contribution in [0.4, 0.5) is 11.4 Å². The summed E-state index contributed by atoms with van der Waals surface area (Å²) < 4.78 is 34.3. The number of carboxylic acids is 1. The van der Waals surface area contributed by atoms with Crippen molar-refractivity contribution in [3.05, 3.63) is 72.7 Å². The van der Waals surface area contributed by atoms with E-state index in [0.717, 1.165) is 16.5 Å². The first-order chi connectivity index (χ1) is 18.4. The van der Waals surface area contributed by atoms with Gasteiger partial charge in [0.15, 0.2) is 5.65 Å². The Morgan fingerprint density at radius 3 is 2.63 bits per heavy atom. The molecule has 3 N–H and O–H groups in total. The van der Waals surface area contributed by atoms with Crippen LogP contribution in [0.25, 0.3) is 33.1 Å². The van der Waals surface area contributed by atoms with Crippen LogP contribution in [-0.4, -0.2) is 70.3 Å². The van der Waals surface area contributed by atoms with Crippen LogP contribution >= 0.6 is 0 Å². The van der Waals surface area contributed by atoms with Gasteiger partial charge in [0.1, 0.15) is 4.90 Å². The van der Waals surface area contributed by atoms with Crippen LogP contribution in [0, 0.1) is 0 Å². The molecule has 0 unspecified atom stereocenters. The predicted molar refractivity (Wildman–Crippen MR) is 141 cm³/mol. The number of benzene rings is 2. The molecule has 6 rings (SSSR count). The zero-order chi connectivity index (χ0) is 26.3. The van der Waals surface area contributed by atoms with Crippen molar-refractivity contribution in [2.45, 2.75) is 4.90 Å². The van der Waals surface area contributed by atoms with Crippen LogP contribution < -0.4 is 5.32 Å². The van der Waals surface area contributed by atoms with E-state index in [-0.39, 0.29) is 34.9 Å². The summed E-state index contributed by atoms with van der Waals surface area (Å²) in [5, 5.41) is 21.1. The van der Waals surface area contributed by atoms with Crippen LogP contribution in [0.5, 0.6) is 0 Å². The highest BCUT2D eigenvalue weighted by atomic mass is 32.2. The van der Waals surface area contributed by atoms with Gasteiger partial charge >= 0.3 is 5.97 Å². The molecule has 1 aliphatic rings. The van der Waals surface area contributed by atoms with Crippen molar-refractivity contribution in [2.75, 3.05) is 31.6 Å². The van der Waals surface area contributed by atoms with Crippen molar-refractivity contribution in [1.82, 2.24) is 24.5 Å². The smallest absolute Gasteiger partial charge is 0.337 e. The third-order valence-corrected chi connectivity index (χ3v) is 8.37. The Bertz CT molecular complexity index is 1800. The highest BCUT2D eigenvalue weighted by Gasteiger charge is 2.30. The van der Waals surface area contributed by atoms with Crippen LogP contribution in [0.1, 0.15) is 10.4 Å². The average molecular weight is 531 g/mol. The van der Waals surface area contributed by atoms with E-state index in [0.29, 0.717) is 29.8 Å². The molecular weight excluding hydrogens is 508 g/mol. The minimum absolute atomic E-state index is 0.0120. The molecule has 0 bridgehead atoms. The number of pyridine rings is 2. The van der Waals surface area contributed by atoms with Gasteiger partial charge in [0.2, 0.25) is 10.0 Å². The summed E-state index contributed by atoms with van der Waals surface area (Å²) >= 11 is 0. The van der Waals surface area contributed by atoms with Crippen molar-refractivity contribution >= 4 is 49.3 Å². The predicted octanol–water partition coefficient (Wildman–Crippen LogP) is 3.64. The molecule has 192 valence electrons. The number of hydrogen-bond donors (Lipinski definition) is 3. The van der Waals surface area contributed by atoms with Gasteiger partial charge in [-0.25, -0.2) is 18.2 Å². The quantitative estimate of drug-likeness (QED) is 0.299. The molecule has 0 spiro atoms. The van der Waals surface area contributed by atoms with Gasteiger partial charge in [-0.1, -0.05) is 18.2 Å². The van der Waals surface area contributed by atoms with E-state index >= 15 is 0 Å². The number of carboxylic acid groups (broad SMARTS) is 1. The van der Waals surface area contributed by atoms with Gasteiger partial charge < -0.3 is 15.2 Å². The lowest BCUT2D eigenvalue weighted by atomic mass is 10.0. The Morgan fingerprint density at radius 1 is 1.00 bits per heavy atom. The van der Waals surface area contributed by atoms with Gasteiger partial charge in [-0.05, 0) is 35.9 Å². The van der Waals surface area contributed by atoms with Gasteiger partial charge in [0, 0.05) is 41.8 Å². The summed E-state index contributed by atoms with van der Waals surface area (Å²) in [6.07, 6.45) is 4.70. The number of aromatic amines is 1. The summed E-state index contributed by atoms with van der Waals surface area (Å²) in [5.41, 5.74) is 3.31. The lowest BCUT2D eigenvalue weighted by Gasteiger charge is -2.27. The van der Waals surface area contributed by atoms with Gasteiger partial charge in [0.05, 0.1) is 41.9 Å². The zero-order valence-corrected chi connectivity index (χ0v) is 20.8. The number of fused-ring (bicyclic) bond motifs is 2. The molecule has 2 aromatic carbocycles. The number of ether oxygens (including phenoxy) is 1. The molecular formula is C26H22N6O5S. The highest BCUT2D eigenvalue weighted by molar-refractivity contribution is 7.89. The molecule has 0 amide bonds. The van der Waals surface area contributed by atoms with Crippen molar-refractivity contribution in [2.24, 2.45) is 0 Å². The second-order valence-corrected chi connectivity index (χ2v) is 10.7. The Kier molecular flexibility index (Phi) is 5.98. The lowest BCUT2D eigenvalue weighted by Crippen LogP contribution is -2.40. The van der Waals surface area contributed by atoms with Gasteiger partial charge in [-0.2, -0.15) is 9.40 Å². The monoisotopic (exact) mass is 530 g/mol. The number of carbonyl (C=O) groups is 1. The fourth-order valence-electron chi connectivity index (χ4n) is 4.51. The largest absolute Gasteiger partial charge is 0.478 e. The molecule has 0 aliphatic carbocycles.